The predicted octanol–water partition coefficient (Wildman–Crippen LogP) is 2.21. The number of tetrazole rings is 1. The molecule has 2 heterocycles. The molecule has 0 saturated carbocycles. The lowest BCUT2D eigenvalue weighted by Crippen LogP contribution is -2.24. The van der Waals surface area contributed by atoms with E-state index in [0.717, 1.165) is 18.8 Å². The molecule has 2 rings (SSSR count). The molecule has 0 aromatic carbocycles. The second-order valence-corrected chi connectivity index (χ2v) is 5.23. The first-order valence-electron chi connectivity index (χ1n) is 6.24. The maximum absolute atomic E-state index is 4.13. The van der Waals surface area contributed by atoms with E-state index in [1.807, 2.05) is 4.68 Å². The van der Waals surface area contributed by atoms with Crippen LogP contribution in [-0.2, 0) is 6.42 Å². The molecule has 2 aromatic rings. The number of nitrogens with one attached hydrogen (secondary N) is 1. The van der Waals surface area contributed by atoms with Crippen LogP contribution in [0.4, 0.5) is 0 Å². The molecule has 98 valence electrons. The highest BCUT2D eigenvalue weighted by molar-refractivity contribution is 7.07. The summed E-state index contributed by atoms with van der Waals surface area (Å²) in [6, 6.07) is 2.60. The van der Waals surface area contributed by atoms with Gasteiger partial charge in [-0.2, -0.15) is 11.3 Å². The Morgan fingerprint density at radius 2 is 2.28 bits per heavy atom. The van der Waals surface area contributed by atoms with Crippen molar-refractivity contribution in [1.82, 2.24) is 25.5 Å². The maximum atomic E-state index is 4.13. The quantitative estimate of drug-likeness (QED) is 0.870. The molecule has 0 saturated heterocycles. The van der Waals surface area contributed by atoms with Crippen LogP contribution in [0.1, 0.15) is 44.2 Å². The molecule has 5 nitrogen and oxygen atoms in total. The molecule has 2 aromatic heterocycles. The average Bonchev–Trinajstić information content (AvgIpc) is 2.99. The van der Waals surface area contributed by atoms with Gasteiger partial charge in [0.05, 0.1) is 12.1 Å². The number of nitrogens with zero attached hydrogens (tertiary/aromatic N) is 4. The topological polar surface area (TPSA) is 55.6 Å². The highest BCUT2D eigenvalue weighted by Gasteiger charge is 2.18. The van der Waals surface area contributed by atoms with Crippen molar-refractivity contribution < 1.29 is 0 Å². The summed E-state index contributed by atoms with van der Waals surface area (Å²) in [5.74, 6) is 0.902. The summed E-state index contributed by atoms with van der Waals surface area (Å²) in [6.07, 6.45) is 0.959. The summed E-state index contributed by atoms with van der Waals surface area (Å²) in [6.45, 7) is 7.23. The molecule has 6 heteroatoms. The maximum Gasteiger partial charge on any atom is 0.168 e. The molecular weight excluding hydrogens is 246 g/mol. The molecule has 1 N–H and O–H groups in total. The Balaban J connectivity index is 2.10. The second kappa shape index (κ2) is 6.06. The standard InChI is InChI=1S/C12H19N5S/c1-4-13-10(3)12-14-15-16-17(12)9(2)7-11-5-6-18-8-11/h5-6,8-10,13H,4,7H2,1-3H3. The fourth-order valence-electron chi connectivity index (χ4n) is 2.03. The van der Waals surface area contributed by atoms with Crippen LogP contribution < -0.4 is 5.32 Å². The van der Waals surface area contributed by atoms with E-state index < -0.39 is 0 Å². The lowest BCUT2D eigenvalue weighted by molar-refractivity contribution is 0.428. The smallest absolute Gasteiger partial charge is 0.168 e. The van der Waals surface area contributed by atoms with Crippen molar-refractivity contribution in [3.8, 4) is 0 Å². The Morgan fingerprint density at radius 1 is 1.44 bits per heavy atom. The van der Waals surface area contributed by atoms with Gasteiger partial charge in [0.25, 0.3) is 0 Å². The molecule has 0 bridgehead atoms. The van der Waals surface area contributed by atoms with E-state index >= 15 is 0 Å². The first-order valence-corrected chi connectivity index (χ1v) is 7.18. The SMILES string of the molecule is CCNC(C)c1nnnn1C(C)Cc1ccsc1. The highest BCUT2D eigenvalue weighted by Crippen LogP contribution is 2.18. The monoisotopic (exact) mass is 265 g/mol. The van der Waals surface area contributed by atoms with Crippen molar-refractivity contribution in [1.29, 1.82) is 0 Å². The third kappa shape index (κ3) is 2.94. The molecule has 0 amide bonds. The van der Waals surface area contributed by atoms with Crippen LogP contribution in [0.15, 0.2) is 16.8 Å². The van der Waals surface area contributed by atoms with Gasteiger partial charge >= 0.3 is 0 Å². The molecule has 2 unspecified atom stereocenters. The molecule has 0 fully saturated rings. The molecule has 18 heavy (non-hydrogen) atoms. The van der Waals surface area contributed by atoms with Gasteiger partial charge in [0.15, 0.2) is 5.82 Å². The van der Waals surface area contributed by atoms with Crippen molar-refractivity contribution in [2.45, 2.75) is 39.3 Å². The zero-order valence-corrected chi connectivity index (χ0v) is 11.8. The number of hydrogen-bond acceptors (Lipinski definition) is 5. The fraction of sp³-hybridized carbons (Fsp3) is 0.583. The number of thiophene rings is 1. The molecule has 0 spiro atoms. The van der Waals surface area contributed by atoms with Gasteiger partial charge in [-0.3, -0.25) is 0 Å². The zero-order chi connectivity index (χ0) is 13.0. The number of rotatable bonds is 6. The van der Waals surface area contributed by atoms with Gasteiger partial charge in [-0.25, -0.2) is 4.68 Å². The number of hydrogen-bond donors (Lipinski definition) is 1. The summed E-state index contributed by atoms with van der Waals surface area (Å²) < 4.78 is 1.92. The number of aromatic nitrogens is 4. The summed E-state index contributed by atoms with van der Waals surface area (Å²) >= 11 is 1.72. The van der Waals surface area contributed by atoms with E-state index in [0.29, 0.717) is 0 Å². The van der Waals surface area contributed by atoms with Gasteiger partial charge in [0.2, 0.25) is 0 Å². The fourth-order valence-corrected chi connectivity index (χ4v) is 2.71. The minimum Gasteiger partial charge on any atom is -0.308 e. The van der Waals surface area contributed by atoms with Crippen molar-refractivity contribution in [2.24, 2.45) is 0 Å². The predicted molar refractivity (Wildman–Crippen MR) is 72.6 cm³/mol. The Bertz CT molecular complexity index is 465. The van der Waals surface area contributed by atoms with E-state index in [1.54, 1.807) is 11.3 Å². The van der Waals surface area contributed by atoms with Gasteiger partial charge in [-0.05, 0) is 59.6 Å². The van der Waals surface area contributed by atoms with E-state index in [4.69, 9.17) is 0 Å². The minimum atomic E-state index is 0.176. The van der Waals surface area contributed by atoms with E-state index in [2.05, 4.69) is 58.4 Å². The van der Waals surface area contributed by atoms with Crippen LogP contribution >= 0.6 is 11.3 Å². The van der Waals surface area contributed by atoms with Gasteiger partial charge < -0.3 is 5.32 Å². The summed E-state index contributed by atoms with van der Waals surface area (Å²) in [5.41, 5.74) is 1.34. The second-order valence-electron chi connectivity index (χ2n) is 4.45. The lowest BCUT2D eigenvalue weighted by atomic mass is 10.1. The van der Waals surface area contributed by atoms with Crippen molar-refractivity contribution >= 4 is 11.3 Å². The van der Waals surface area contributed by atoms with Crippen molar-refractivity contribution in [2.75, 3.05) is 6.54 Å². The minimum absolute atomic E-state index is 0.176. The molecule has 2 atom stereocenters. The molecule has 0 aliphatic heterocycles. The Labute approximate surface area is 111 Å². The summed E-state index contributed by atoms with van der Waals surface area (Å²) in [5, 5.41) is 19.7. The van der Waals surface area contributed by atoms with Crippen LogP contribution in [0.25, 0.3) is 0 Å². The molecule has 0 aliphatic rings. The lowest BCUT2D eigenvalue weighted by Gasteiger charge is -2.16. The zero-order valence-electron chi connectivity index (χ0n) is 11.0. The van der Waals surface area contributed by atoms with Crippen LogP contribution in [0.5, 0.6) is 0 Å². The summed E-state index contributed by atoms with van der Waals surface area (Å²) in [7, 11) is 0. The van der Waals surface area contributed by atoms with Gasteiger partial charge in [-0.15, -0.1) is 5.10 Å². The Morgan fingerprint density at radius 3 is 2.94 bits per heavy atom. The van der Waals surface area contributed by atoms with Crippen molar-refractivity contribution in [3.05, 3.63) is 28.2 Å². The third-order valence-corrected chi connectivity index (χ3v) is 3.68. The van der Waals surface area contributed by atoms with Gasteiger partial charge in [-0.1, -0.05) is 6.92 Å². The van der Waals surface area contributed by atoms with E-state index in [9.17, 15) is 0 Å². The molecule has 0 aliphatic carbocycles. The van der Waals surface area contributed by atoms with Crippen LogP contribution in [-0.4, -0.2) is 26.8 Å². The molecule has 0 radical (unpaired) electrons. The van der Waals surface area contributed by atoms with E-state index in [1.165, 1.54) is 5.56 Å². The first kappa shape index (κ1) is 13.2. The van der Waals surface area contributed by atoms with Crippen LogP contribution in [0.2, 0.25) is 0 Å². The van der Waals surface area contributed by atoms with Crippen LogP contribution in [0, 0.1) is 0 Å². The summed E-state index contributed by atoms with van der Waals surface area (Å²) in [4.78, 5) is 0. The Hall–Kier alpha value is -1.27. The average molecular weight is 265 g/mol. The first-order chi connectivity index (χ1) is 8.72. The third-order valence-electron chi connectivity index (χ3n) is 2.94. The Kier molecular flexibility index (Phi) is 4.43. The van der Waals surface area contributed by atoms with Gasteiger partial charge in [0.1, 0.15) is 0 Å². The van der Waals surface area contributed by atoms with Crippen LogP contribution in [0.3, 0.4) is 0 Å². The van der Waals surface area contributed by atoms with Crippen molar-refractivity contribution in [3.63, 3.8) is 0 Å². The van der Waals surface area contributed by atoms with Gasteiger partial charge in [0, 0.05) is 0 Å². The largest absolute Gasteiger partial charge is 0.308 e. The highest BCUT2D eigenvalue weighted by atomic mass is 32.1. The molecular formula is C12H19N5S. The normalized spacial score (nSPS) is 14.6. The van der Waals surface area contributed by atoms with E-state index in [-0.39, 0.29) is 12.1 Å².